The second-order valence-electron chi connectivity index (χ2n) is 3.55. The lowest BCUT2D eigenvalue weighted by Crippen LogP contribution is -2.01. The highest BCUT2D eigenvalue weighted by molar-refractivity contribution is 8.13. The minimum Gasteiger partial charge on any atom is -0.418 e. The van der Waals surface area contributed by atoms with Gasteiger partial charge in [-0.1, -0.05) is 18.2 Å². The van der Waals surface area contributed by atoms with Crippen molar-refractivity contribution in [3.05, 3.63) is 43.0 Å². The van der Waals surface area contributed by atoms with Crippen molar-refractivity contribution in [1.82, 2.24) is 19.9 Å². The van der Waals surface area contributed by atoms with Crippen molar-refractivity contribution < 1.29 is 9.53 Å². The quantitative estimate of drug-likeness (QED) is 0.439. The van der Waals surface area contributed by atoms with E-state index in [0.717, 1.165) is 11.8 Å². The topological polar surface area (TPSA) is 80.8 Å². The summed E-state index contributed by atoms with van der Waals surface area (Å²) in [5, 5.41) is 0.0317. The lowest BCUT2D eigenvalue weighted by atomic mass is 10.3. The first-order valence-corrected chi connectivity index (χ1v) is 6.23. The SMILES string of the molecule is O=C(Oc1ccccc1)Sc1ncnc2nc[nH]c12. The van der Waals surface area contributed by atoms with Gasteiger partial charge in [0.25, 0.3) is 0 Å². The summed E-state index contributed by atoms with van der Waals surface area (Å²) in [7, 11) is 0. The van der Waals surface area contributed by atoms with Gasteiger partial charge in [-0.15, -0.1) is 0 Å². The molecule has 0 aliphatic heterocycles. The first kappa shape index (κ1) is 11.7. The van der Waals surface area contributed by atoms with Gasteiger partial charge in [0.2, 0.25) is 0 Å². The number of nitrogens with one attached hydrogen (secondary N) is 1. The summed E-state index contributed by atoms with van der Waals surface area (Å²) in [6.45, 7) is 0. The molecule has 0 fully saturated rings. The molecular formula is C12H8N4O2S. The Balaban J connectivity index is 1.78. The Labute approximate surface area is 112 Å². The van der Waals surface area contributed by atoms with Crippen LogP contribution in [0.25, 0.3) is 11.2 Å². The monoisotopic (exact) mass is 272 g/mol. The molecule has 0 spiro atoms. The molecule has 19 heavy (non-hydrogen) atoms. The summed E-state index contributed by atoms with van der Waals surface area (Å²) in [5.74, 6) is 0.495. The Morgan fingerprint density at radius 3 is 2.84 bits per heavy atom. The van der Waals surface area contributed by atoms with Crippen molar-refractivity contribution in [1.29, 1.82) is 0 Å². The van der Waals surface area contributed by atoms with Crippen molar-refractivity contribution in [2.75, 3.05) is 0 Å². The molecule has 0 atom stereocenters. The number of imidazole rings is 1. The molecule has 3 rings (SSSR count). The molecule has 94 valence electrons. The summed E-state index contributed by atoms with van der Waals surface area (Å²) in [6.07, 6.45) is 2.87. The lowest BCUT2D eigenvalue weighted by molar-refractivity contribution is 0.227. The molecule has 0 saturated carbocycles. The molecule has 0 saturated heterocycles. The Morgan fingerprint density at radius 1 is 1.16 bits per heavy atom. The Morgan fingerprint density at radius 2 is 2.00 bits per heavy atom. The van der Waals surface area contributed by atoms with Crippen LogP contribution >= 0.6 is 11.8 Å². The molecule has 3 aromatic rings. The Bertz CT molecular complexity index is 714. The molecule has 0 amide bonds. The van der Waals surface area contributed by atoms with Gasteiger partial charge in [0.15, 0.2) is 5.65 Å². The predicted molar refractivity (Wildman–Crippen MR) is 70.0 cm³/mol. The number of fused-ring (bicyclic) bond motifs is 1. The summed E-state index contributed by atoms with van der Waals surface area (Å²) in [6, 6.07) is 8.87. The minimum atomic E-state index is -0.458. The average molecular weight is 272 g/mol. The first-order valence-electron chi connectivity index (χ1n) is 5.42. The van der Waals surface area contributed by atoms with E-state index in [0.29, 0.717) is 21.9 Å². The van der Waals surface area contributed by atoms with E-state index in [1.807, 2.05) is 6.07 Å². The maximum atomic E-state index is 11.8. The maximum Gasteiger partial charge on any atom is 0.379 e. The average Bonchev–Trinajstić information content (AvgIpc) is 2.89. The standard InChI is InChI=1S/C12H8N4O2S/c17-12(18-8-4-2-1-3-5-8)19-11-9-10(14-6-13-9)15-7-16-11/h1-7H,(H,13,14,15,16). The van der Waals surface area contributed by atoms with E-state index in [4.69, 9.17) is 4.74 Å². The fourth-order valence-corrected chi connectivity index (χ4v) is 2.15. The van der Waals surface area contributed by atoms with Crippen LogP contribution in [0.3, 0.4) is 0 Å². The second-order valence-corrected chi connectivity index (χ2v) is 4.47. The van der Waals surface area contributed by atoms with Crippen LogP contribution in [0, 0.1) is 0 Å². The number of H-pyrrole nitrogens is 1. The smallest absolute Gasteiger partial charge is 0.379 e. The van der Waals surface area contributed by atoms with Crippen molar-refractivity contribution in [3.8, 4) is 5.75 Å². The molecule has 2 aromatic heterocycles. The number of carbonyl (C=O) groups excluding carboxylic acids is 1. The summed E-state index contributed by atoms with van der Waals surface area (Å²) < 4.78 is 5.17. The minimum absolute atomic E-state index is 0.458. The summed E-state index contributed by atoms with van der Waals surface area (Å²) >= 11 is 0.889. The molecule has 0 bridgehead atoms. The molecule has 0 radical (unpaired) electrons. The van der Waals surface area contributed by atoms with Gasteiger partial charge in [0.1, 0.15) is 22.6 Å². The number of benzene rings is 1. The molecule has 6 nitrogen and oxygen atoms in total. The highest BCUT2D eigenvalue weighted by Gasteiger charge is 2.13. The molecule has 1 N–H and O–H groups in total. The van der Waals surface area contributed by atoms with E-state index >= 15 is 0 Å². The van der Waals surface area contributed by atoms with Crippen molar-refractivity contribution in [3.63, 3.8) is 0 Å². The van der Waals surface area contributed by atoms with Crippen LogP contribution in [-0.2, 0) is 0 Å². The zero-order valence-corrected chi connectivity index (χ0v) is 10.4. The molecule has 0 aliphatic rings. The number of nitrogens with zero attached hydrogens (tertiary/aromatic N) is 3. The van der Waals surface area contributed by atoms with Crippen LogP contribution in [0.4, 0.5) is 4.79 Å². The van der Waals surface area contributed by atoms with Gasteiger partial charge in [0, 0.05) is 11.8 Å². The van der Waals surface area contributed by atoms with E-state index in [2.05, 4.69) is 19.9 Å². The van der Waals surface area contributed by atoms with Crippen LogP contribution in [0.15, 0.2) is 48.0 Å². The molecular weight excluding hydrogens is 264 g/mol. The third kappa shape index (κ3) is 2.55. The van der Waals surface area contributed by atoms with Gasteiger partial charge < -0.3 is 9.72 Å². The first-order chi connectivity index (χ1) is 9.33. The van der Waals surface area contributed by atoms with Crippen LogP contribution < -0.4 is 4.74 Å². The number of aromatic nitrogens is 4. The van der Waals surface area contributed by atoms with Crippen LogP contribution in [-0.4, -0.2) is 25.2 Å². The van der Waals surface area contributed by atoms with E-state index < -0.39 is 5.30 Å². The molecule has 2 heterocycles. The van der Waals surface area contributed by atoms with E-state index in [-0.39, 0.29) is 0 Å². The third-order valence-corrected chi connectivity index (χ3v) is 3.07. The zero-order valence-electron chi connectivity index (χ0n) is 9.61. The molecule has 7 heteroatoms. The van der Waals surface area contributed by atoms with Gasteiger partial charge >= 0.3 is 5.30 Å². The van der Waals surface area contributed by atoms with E-state index in [1.54, 1.807) is 24.3 Å². The summed E-state index contributed by atoms with van der Waals surface area (Å²) in [5.41, 5.74) is 1.14. The third-order valence-electron chi connectivity index (χ3n) is 2.31. The largest absolute Gasteiger partial charge is 0.418 e. The number of carbonyl (C=O) groups is 1. The van der Waals surface area contributed by atoms with Gasteiger partial charge in [0.05, 0.1) is 6.33 Å². The highest BCUT2D eigenvalue weighted by atomic mass is 32.2. The second kappa shape index (κ2) is 5.07. The number of thioether (sulfide) groups is 1. The van der Waals surface area contributed by atoms with Gasteiger partial charge in [-0.2, -0.15) is 0 Å². The van der Waals surface area contributed by atoms with Gasteiger partial charge in [-0.05, 0) is 12.1 Å². The molecule has 0 aliphatic carbocycles. The fraction of sp³-hybridized carbons (Fsp3) is 0. The number of hydrogen-bond acceptors (Lipinski definition) is 6. The lowest BCUT2D eigenvalue weighted by Gasteiger charge is -2.02. The number of para-hydroxylation sites is 1. The Hall–Kier alpha value is -2.41. The number of ether oxygens (including phenoxy) is 1. The van der Waals surface area contributed by atoms with Crippen molar-refractivity contribution in [2.45, 2.75) is 5.03 Å². The van der Waals surface area contributed by atoms with Crippen molar-refractivity contribution >= 4 is 28.2 Å². The summed E-state index contributed by atoms with van der Waals surface area (Å²) in [4.78, 5) is 26.7. The fourth-order valence-electron chi connectivity index (χ4n) is 1.50. The van der Waals surface area contributed by atoms with Gasteiger partial charge in [-0.3, -0.25) is 0 Å². The van der Waals surface area contributed by atoms with E-state index in [9.17, 15) is 4.79 Å². The molecule has 0 unspecified atom stereocenters. The maximum absolute atomic E-state index is 11.8. The van der Waals surface area contributed by atoms with Crippen molar-refractivity contribution in [2.24, 2.45) is 0 Å². The number of aromatic amines is 1. The Kier molecular flexibility index (Phi) is 3.11. The number of hydrogen-bond donors (Lipinski definition) is 1. The van der Waals surface area contributed by atoms with Gasteiger partial charge in [-0.25, -0.2) is 19.7 Å². The van der Waals surface area contributed by atoms with Crippen LogP contribution in [0.5, 0.6) is 5.75 Å². The number of rotatable bonds is 2. The normalized spacial score (nSPS) is 10.5. The van der Waals surface area contributed by atoms with E-state index in [1.165, 1.54) is 12.7 Å². The van der Waals surface area contributed by atoms with Crippen LogP contribution in [0.2, 0.25) is 0 Å². The predicted octanol–water partition coefficient (Wildman–Crippen LogP) is 2.64. The molecule has 1 aromatic carbocycles. The highest BCUT2D eigenvalue weighted by Crippen LogP contribution is 2.24. The zero-order chi connectivity index (χ0) is 13.1. The van der Waals surface area contributed by atoms with Crippen LogP contribution in [0.1, 0.15) is 0 Å².